The normalized spacial score (nSPS) is 13.9. The van der Waals surface area contributed by atoms with Crippen LogP contribution < -0.4 is 15.1 Å². The predicted octanol–water partition coefficient (Wildman–Crippen LogP) is 2.98. The minimum Gasteiger partial charge on any atom is -0.378 e. The van der Waals surface area contributed by atoms with Crippen LogP contribution >= 0.6 is 0 Å². The summed E-state index contributed by atoms with van der Waals surface area (Å²) >= 11 is 0. The van der Waals surface area contributed by atoms with Crippen LogP contribution in [0.1, 0.15) is 5.56 Å². The summed E-state index contributed by atoms with van der Waals surface area (Å²) in [5.74, 6) is 0. The van der Waals surface area contributed by atoms with Crippen molar-refractivity contribution in [1.82, 2.24) is 4.90 Å². The van der Waals surface area contributed by atoms with E-state index in [1.54, 1.807) is 0 Å². The number of nitrogens with zero attached hydrogens (tertiary/aromatic N) is 4. The Morgan fingerprint density at radius 1 is 1.00 bits per heavy atom. The third-order valence-corrected chi connectivity index (χ3v) is 4.56. The van der Waals surface area contributed by atoms with Gasteiger partial charge < -0.3 is 20.0 Å². The molecular weight excluding hydrogens is 326 g/mol. The average Bonchev–Trinajstić information content (AvgIpc) is 2.68. The van der Waals surface area contributed by atoms with Gasteiger partial charge in [0.2, 0.25) is 0 Å². The lowest BCUT2D eigenvalue weighted by Crippen LogP contribution is -2.50. The minimum absolute atomic E-state index is 0.0675. The molecule has 1 saturated heterocycles. The largest absolute Gasteiger partial charge is 0.378 e. The molecule has 0 atom stereocenters. The topological polar surface area (TPSA) is 62.6 Å². The molecule has 26 heavy (non-hydrogen) atoms. The zero-order chi connectivity index (χ0) is 18.5. The SMILES string of the molecule is CN(C)c1ccc(NC(=O)N2CCN(c3ccc(C#N)cc3)CC2)cc1. The van der Waals surface area contributed by atoms with Gasteiger partial charge in [-0.2, -0.15) is 5.26 Å². The molecule has 0 radical (unpaired) electrons. The summed E-state index contributed by atoms with van der Waals surface area (Å²) in [4.78, 5) is 18.6. The van der Waals surface area contributed by atoms with Crippen molar-refractivity contribution < 1.29 is 4.79 Å². The number of benzene rings is 2. The number of rotatable bonds is 3. The maximum atomic E-state index is 12.5. The number of nitrogens with one attached hydrogen (secondary N) is 1. The van der Waals surface area contributed by atoms with Crippen LogP contribution in [0.5, 0.6) is 0 Å². The molecule has 6 heteroatoms. The maximum absolute atomic E-state index is 12.5. The number of urea groups is 1. The Bertz CT molecular complexity index is 784. The van der Waals surface area contributed by atoms with Crippen molar-refractivity contribution >= 4 is 23.1 Å². The predicted molar refractivity (Wildman–Crippen MR) is 105 cm³/mol. The number of nitriles is 1. The number of anilines is 3. The van der Waals surface area contributed by atoms with Crippen molar-refractivity contribution in [2.45, 2.75) is 0 Å². The van der Waals surface area contributed by atoms with Crippen LogP contribution in [0.3, 0.4) is 0 Å². The van der Waals surface area contributed by atoms with Crippen LogP contribution in [-0.2, 0) is 0 Å². The van der Waals surface area contributed by atoms with Gasteiger partial charge in [-0.1, -0.05) is 0 Å². The number of hydrogen-bond acceptors (Lipinski definition) is 4. The Morgan fingerprint density at radius 2 is 1.62 bits per heavy atom. The molecule has 1 aliphatic rings. The van der Waals surface area contributed by atoms with E-state index in [0.29, 0.717) is 18.7 Å². The molecular formula is C20H23N5O. The lowest BCUT2D eigenvalue weighted by Gasteiger charge is -2.36. The van der Waals surface area contributed by atoms with Gasteiger partial charge in [0, 0.05) is 57.3 Å². The molecule has 0 aromatic heterocycles. The highest BCUT2D eigenvalue weighted by Gasteiger charge is 2.21. The van der Waals surface area contributed by atoms with E-state index in [-0.39, 0.29) is 6.03 Å². The van der Waals surface area contributed by atoms with Crippen molar-refractivity contribution in [1.29, 1.82) is 5.26 Å². The van der Waals surface area contributed by atoms with Crippen LogP contribution in [0.4, 0.5) is 21.9 Å². The molecule has 0 aliphatic carbocycles. The van der Waals surface area contributed by atoms with Crippen LogP contribution in [0.25, 0.3) is 0 Å². The minimum atomic E-state index is -0.0675. The van der Waals surface area contributed by atoms with Crippen molar-refractivity contribution in [2.75, 3.05) is 55.4 Å². The van der Waals surface area contributed by atoms with Crippen molar-refractivity contribution in [3.8, 4) is 6.07 Å². The van der Waals surface area contributed by atoms with Crippen molar-refractivity contribution in [2.24, 2.45) is 0 Å². The first-order valence-corrected chi connectivity index (χ1v) is 8.65. The highest BCUT2D eigenvalue weighted by Crippen LogP contribution is 2.19. The van der Waals surface area contributed by atoms with Crippen LogP contribution in [-0.4, -0.2) is 51.2 Å². The molecule has 2 aromatic carbocycles. The second kappa shape index (κ2) is 7.79. The van der Waals surface area contributed by atoms with Gasteiger partial charge in [-0.05, 0) is 48.5 Å². The number of carbonyl (C=O) groups excluding carboxylic acids is 1. The van der Waals surface area contributed by atoms with Crippen LogP contribution in [0.2, 0.25) is 0 Å². The van der Waals surface area contributed by atoms with Gasteiger partial charge in [0.25, 0.3) is 0 Å². The lowest BCUT2D eigenvalue weighted by atomic mass is 10.2. The van der Waals surface area contributed by atoms with E-state index in [1.807, 2.05) is 72.4 Å². The fourth-order valence-corrected chi connectivity index (χ4v) is 2.96. The summed E-state index contributed by atoms with van der Waals surface area (Å²) in [7, 11) is 3.97. The molecule has 0 bridgehead atoms. The molecule has 1 aliphatic heterocycles. The first-order valence-electron chi connectivity index (χ1n) is 8.65. The lowest BCUT2D eigenvalue weighted by molar-refractivity contribution is 0.208. The van der Waals surface area contributed by atoms with Gasteiger partial charge >= 0.3 is 6.03 Å². The second-order valence-corrected chi connectivity index (χ2v) is 6.50. The molecule has 6 nitrogen and oxygen atoms in total. The summed E-state index contributed by atoms with van der Waals surface area (Å²) < 4.78 is 0. The van der Waals surface area contributed by atoms with Gasteiger partial charge in [-0.3, -0.25) is 0 Å². The Morgan fingerprint density at radius 3 is 2.15 bits per heavy atom. The standard InChI is InChI=1S/C20H23N5O/c1-23(2)18-9-5-17(6-10-18)22-20(26)25-13-11-24(12-14-25)19-7-3-16(15-21)4-8-19/h3-10H,11-14H2,1-2H3,(H,22,26). The molecule has 1 N–H and O–H groups in total. The Kier molecular flexibility index (Phi) is 5.28. The quantitative estimate of drug-likeness (QED) is 0.925. The molecule has 3 rings (SSSR count). The first kappa shape index (κ1) is 17.6. The van der Waals surface area contributed by atoms with Gasteiger partial charge in [0.1, 0.15) is 0 Å². The number of piperazine rings is 1. The smallest absolute Gasteiger partial charge is 0.321 e. The molecule has 1 heterocycles. The Labute approximate surface area is 154 Å². The Hall–Kier alpha value is -3.20. The van der Waals surface area contributed by atoms with E-state index in [1.165, 1.54) is 0 Å². The van der Waals surface area contributed by atoms with Gasteiger partial charge in [-0.25, -0.2) is 4.79 Å². The van der Waals surface area contributed by atoms with E-state index in [9.17, 15) is 4.79 Å². The highest BCUT2D eigenvalue weighted by molar-refractivity contribution is 5.89. The molecule has 2 amide bonds. The highest BCUT2D eigenvalue weighted by atomic mass is 16.2. The molecule has 1 fully saturated rings. The summed E-state index contributed by atoms with van der Waals surface area (Å²) in [5.41, 5.74) is 3.64. The molecule has 134 valence electrons. The monoisotopic (exact) mass is 349 g/mol. The van der Waals surface area contributed by atoms with Crippen molar-refractivity contribution in [3.05, 3.63) is 54.1 Å². The summed E-state index contributed by atoms with van der Waals surface area (Å²) in [5, 5.41) is 11.8. The van der Waals surface area contributed by atoms with Gasteiger partial charge in [-0.15, -0.1) is 0 Å². The van der Waals surface area contributed by atoms with E-state index in [0.717, 1.165) is 30.2 Å². The second-order valence-electron chi connectivity index (χ2n) is 6.50. The zero-order valence-corrected chi connectivity index (χ0v) is 15.1. The van der Waals surface area contributed by atoms with E-state index < -0.39 is 0 Å². The van der Waals surface area contributed by atoms with Gasteiger partial charge in [0.15, 0.2) is 0 Å². The van der Waals surface area contributed by atoms with E-state index >= 15 is 0 Å². The Balaban J connectivity index is 1.53. The summed E-state index contributed by atoms with van der Waals surface area (Å²) in [6.45, 7) is 2.89. The fraction of sp³-hybridized carbons (Fsp3) is 0.300. The van der Waals surface area contributed by atoms with E-state index in [4.69, 9.17) is 5.26 Å². The zero-order valence-electron chi connectivity index (χ0n) is 15.1. The number of amides is 2. The third-order valence-electron chi connectivity index (χ3n) is 4.56. The first-order chi connectivity index (χ1) is 12.6. The molecule has 0 unspecified atom stereocenters. The number of hydrogen-bond donors (Lipinski definition) is 1. The van der Waals surface area contributed by atoms with Crippen LogP contribution in [0.15, 0.2) is 48.5 Å². The molecule has 2 aromatic rings. The van der Waals surface area contributed by atoms with E-state index in [2.05, 4.69) is 16.3 Å². The maximum Gasteiger partial charge on any atom is 0.321 e. The average molecular weight is 349 g/mol. The molecule has 0 spiro atoms. The third kappa shape index (κ3) is 4.06. The number of carbonyl (C=O) groups is 1. The van der Waals surface area contributed by atoms with Gasteiger partial charge in [0.05, 0.1) is 11.6 Å². The van der Waals surface area contributed by atoms with Crippen molar-refractivity contribution in [3.63, 3.8) is 0 Å². The fourth-order valence-electron chi connectivity index (χ4n) is 2.96. The molecule has 0 saturated carbocycles. The summed E-state index contributed by atoms with van der Waals surface area (Å²) in [6.07, 6.45) is 0. The summed E-state index contributed by atoms with van der Waals surface area (Å²) in [6, 6.07) is 17.4. The van der Waals surface area contributed by atoms with Crippen LogP contribution in [0, 0.1) is 11.3 Å².